The number of amides is 2. The molecule has 26 heavy (non-hydrogen) atoms. The summed E-state index contributed by atoms with van der Waals surface area (Å²) in [6, 6.07) is 8.91. The highest BCUT2D eigenvalue weighted by Gasteiger charge is 2.26. The number of nitrogens with zero attached hydrogens (tertiary/aromatic N) is 2. The molecule has 1 N–H and O–H groups in total. The summed E-state index contributed by atoms with van der Waals surface area (Å²) in [5.41, 5.74) is 2.52. The van der Waals surface area contributed by atoms with Gasteiger partial charge in [-0.2, -0.15) is 0 Å². The van der Waals surface area contributed by atoms with Crippen molar-refractivity contribution >= 4 is 17.5 Å². The number of hydrogen-bond acceptors (Lipinski definition) is 3. The standard InChI is InChI=1S/C21H33N3O2/c1-17-9-8-10-19(15-17)24-14-13-23(16-18(24)2)21(26)12-7-5-4-6-11-20(25)22-3/h8-10,15,18H,4-7,11-14,16H2,1-3H3,(H,22,25). The lowest BCUT2D eigenvalue weighted by molar-refractivity contribution is -0.132. The van der Waals surface area contributed by atoms with Gasteiger partial charge in [-0.25, -0.2) is 0 Å². The largest absolute Gasteiger partial charge is 0.365 e. The van der Waals surface area contributed by atoms with Crippen LogP contribution in [0.4, 0.5) is 5.69 Å². The van der Waals surface area contributed by atoms with Crippen LogP contribution in [0.1, 0.15) is 51.0 Å². The fourth-order valence-corrected chi connectivity index (χ4v) is 3.57. The number of benzene rings is 1. The fourth-order valence-electron chi connectivity index (χ4n) is 3.57. The van der Waals surface area contributed by atoms with Crippen LogP contribution in [0.2, 0.25) is 0 Å². The van der Waals surface area contributed by atoms with Crippen molar-refractivity contribution in [1.82, 2.24) is 10.2 Å². The summed E-state index contributed by atoms with van der Waals surface area (Å²) < 4.78 is 0. The van der Waals surface area contributed by atoms with E-state index in [9.17, 15) is 9.59 Å². The number of unbranched alkanes of at least 4 members (excludes halogenated alkanes) is 3. The zero-order valence-corrected chi connectivity index (χ0v) is 16.5. The highest BCUT2D eigenvalue weighted by molar-refractivity contribution is 5.76. The van der Waals surface area contributed by atoms with Crippen LogP contribution in [-0.4, -0.2) is 49.4 Å². The quantitative estimate of drug-likeness (QED) is 0.726. The molecule has 0 radical (unpaired) electrons. The second kappa shape index (κ2) is 10.2. The summed E-state index contributed by atoms with van der Waals surface area (Å²) in [6.45, 7) is 6.79. The Hall–Kier alpha value is -2.04. The molecule has 1 saturated heterocycles. The third-order valence-corrected chi connectivity index (χ3v) is 5.14. The van der Waals surface area contributed by atoms with Crippen molar-refractivity contribution in [2.24, 2.45) is 0 Å². The first kappa shape index (κ1) is 20.3. The number of nitrogens with one attached hydrogen (secondary N) is 1. The summed E-state index contributed by atoms with van der Waals surface area (Å²) in [6.07, 6.45) is 5.05. The van der Waals surface area contributed by atoms with Crippen LogP contribution in [0, 0.1) is 6.92 Å². The minimum Gasteiger partial charge on any atom is -0.365 e. The van der Waals surface area contributed by atoms with E-state index in [1.807, 2.05) is 4.90 Å². The first-order chi connectivity index (χ1) is 12.5. The Bertz CT molecular complexity index is 603. The van der Waals surface area contributed by atoms with Gasteiger partial charge in [0.15, 0.2) is 0 Å². The summed E-state index contributed by atoms with van der Waals surface area (Å²) in [5, 5.41) is 2.64. The number of anilines is 1. The Morgan fingerprint density at radius 2 is 1.85 bits per heavy atom. The fraction of sp³-hybridized carbons (Fsp3) is 0.619. The third-order valence-electron chi connectivity index (χ3n) is 5.14. The predicted molar refractivity (Wildman–Crippen MR) is 106 cm³/mol. The topological polar surface area (TPSA) is 52.7 Å². The molecule has 144 valence electrons. The van der Waals surface area contributed by atoms with Gasteiger partial charge in [0.1, 0.15) is 0 Å². The molecule has 1 aromatic carbocycles. The van der Waals surface area contributed by atoms with Gasteiger partial charge in [-0.3, -0.25) is 9.59 Å². The molecule has 0 aliphatic carbocycles. The van der Waals surface area contributed by atoms with E-state index in [0.29, 0.717) is 18.9 Å². The maximum atomic E-state index is 12.5. The van der Waals surface area contributed by atoms with Gasteiger partial charge in [-0.15, -0.1) is 0 Å². The summed E-state index contributed by atoms with van der Waals surface area (Å²) in [7, 11) is 1.67. The van der Waals surface area contributed by atoms with Crippen LogP contribution in [0.3, 0.4) is 0 Å². The van der Waals surface area contributed by atoms with Crippen LogP contribution in [0.15, 0.2) is 24.3 Å². The summed E-state index contributed by atoms with van der Waals surface area (Å²) in [4.78, 5) is 28.0. The van der Waals surface area contributed by atoms with Gasteiger partial charge in [0.25, 0.3) is 0 Å². The van der Waals surface area contributed by atoms with Gasteiger partial charge in [0, 0.05) is 51.3 Å². The average molecular weight is 360 g/mol. The molecule has 1 aliphatic rings. The molecule has 2 rings (SSSR count). The third kappa shape index (κ3) is 6.04. The molecule has 0 spiro atoms. The molecular weight excluding hydrogens is 326 g/mol. The van der Waals surface area contributed by atoms with Crippen molar-refractivity contribution in [3.63, 3.8) is 0 Å². The van der Waals surface area contributed by atoms with E-state index in [-0.39, 0.29) is 11.8 Å². The molecule has 0 aromatic heterocycles. The zero-order chi connectivity index (χ0) is 18.9. The smallest absolute Gasteiger partial charge is 0.222 e. The Balaban J connectivity index is 1.69. The maximum absolute atomic E-state index is 12.5. The highest BCUT2D eigenvalue weighted by atomic mass is 16.2. The Kier molecular flexibility index (Phi) is 7.95. The number of hydrogen-bond donors (Lipinski definition) is 1. The number of piperazine rings is 1. The normalized spacial score (nSPS) is 17.3. The van der Waals surface area contributed by atoms with Gasteiger partial charge < -0.3 is 15.1 Å². The molecule has 1 atom stereocenters. The van der Waals surface area contributed by atoms with Gasteiger partial charge in [-0.1, -0.05) is 25.0 Å². The average Bonchev–Trinajstić information content (AvgIpc) is 2.63. The summed E-state index contributed by atoms with van der Waals surface area (Å²) >= 11 is 0. The van der Waals surface area contributed by atoms with Crippen LogP contribution in [-0.2, 0) is 9.59 Å². The Labute approximate surface area is 157 Å². The first-order valence-corrected chi connectivity index (χ1v) is 9.83. The number of rotatable bonds is 8. The van der Waals surface area contributed by atoms with E-state index in [0.717, 1.165) is 45.3 Å². The summed E-state index contributed by atoms with van der Waals surface area (Å²) in [5.74, 6) is 0.369. The van der Waals surface area contributed by atoms with E-state index in [1.165, 1.54) is 11.3 Å². The molecule has 5 nitrogen and oxygen atoms in total. The first-order valence-electron chi connectivity index (χ1n) is 9.83. The van der Waals surface area contributed by atoms with Crippen LogP contribution < -0.4 is 10.2 Å². The number of carbonyl (C=O) groups excluding carboxylic acids is 2. The van der Waals surface area contributed by atoms with Crippen molar-refractivity contribution in [2.75, 3.05) is 31.6 Å². The minimum absolute atomic E-state index is 0.0987. The van der Waals surface area contributed by atoms with E-state index in [1.54, 1.807) is 7.05 Å². The van der Waals surface area contributed by atoms with Gasteiger partial charge in [-0.05, 0) is 44.4 Å². The molecule has 1 fully saturated rings. The lowest BCUT2D eigenvalue weighted by atomic mass is 10.1. The van der Waals surface area contributed by atoms with E-state index in [4.69, 9.17) is 0 Å². The molecule has 1 aromatic rings. The van der Waals surface area contributed by atoms with Gasteiger partial charge in [0.2, 0.25) is 11.8 Å². The van der Waals surface area contributed by atoms with Crippen molar-refractivity contribution < 1.29 is 9.59 Å². The molecule has 0 saturated carbocycles. The van der Waals surface area contributed by atoms with E-state index < -0.39 is 0 Å². The van der Waals surface area contributed by atoms with E-state index in [2.05, 4.69) is 48.3 Å². The molecule has 2 amide bonds. The maximum Gasteiger partial charge on any atom is 0.222 e. The van der Waals surface area contributed by atoms with Crippen molar-refractivity contribution in [3.05, 3.63) is 29.8 Å². The van der Waals surface area contributed by atoms with Crippen LogP contribution in [0.25, 0.3) is 0 Å². The second-order valence-electron chi connectivity index (χ2n) is 7.31. The second-order valence-corrected chi connectivity index (χ2v) is 7.31. The van der Waals surface area contributed by atoms with Crippen LogP contribution >= 0.6 is 0 Å². The van der Waals surface area contributed by atoms with Gasteiger partial charge in [0.05, 0.1) is 0 Å². The lowest BCUT2D eigenvalue weighted by Crippen LogP contribution is -2.53. The van der Waals surface area contributed by atoms with Crippen molar-refractivity contribution in [1.29, 1.82) is 0 Å². The molecule has 1 aliphatic heterocycles. The lowest BCUT2D eigenvalue weighted by Gasteiger charge is -2.41. The number of carbonyl (C=O) groups is 2. The predicted octanol–water partition coefficient (Wildman–Crippen LogP) is 3.12. The molecule has 1 unspecified atom stereocenters. The zero-order valence-electron chi connectivity index (χ0n) is 16.5. The minimum atomic E-state index is 0.0987. The van der Waals surface area contributed by atoms with Gasteiger partial charge >= 0.3 is 0 Å². The SMILES string of the molecule is CNC(=O)CCCCCCC(=O)N1CCN(c2cccc(C)c2)C(C)C1. The molecular formula is C21H33N3O2. The van der Waals surface area contributed by atoms with Crippen molar-refractivity contribution in [2.45, 2.75) is 58.4 Å². The Morgan fingerprint density at radius 1 is 1.12 bits per heavy atom. The number of aryl methyl sites for hydroxylation is 1. The van der Waals surface area contributed by atoms with Crippen LogP contribution in [0.5, 0.6) is 0 Å². The Morgan fingerprint density at radius 3 is 2.50 bits per heavy atom. The molecule has 1 heterocycles. The van der Waals surface area contributed by atoms with E-state index >= 15 is 0 Å². The highest BCUT2D eigenvalue weighted by Crippen LogP contribution is 2.22. The van der Waals surface area contributed by atoms with Crippen molar-refractivity contribution in [3.8, 4) is 0 Å². The monoisotopic (exact) mass is 359 g/mol. The molecule has 5 heteroatoms. The molecule has 0 bridgehead atoms.